The molecule has 0 radical (unpaired) electrons. The van der Waals surface area contributed by atoms with Crippen LogP contribution in [0.15, 0.2) is 58.7 Å². The molecule has 3 N–H and O–H groups in total. The highest BCUT2D eigenvalue weighted by molar-refractivity contribution is 5.86. The summed E-state index contributed by atoms with van der Waals surface area (Å²) in [5, 5.41) is 14.4. The first-order chi connectivity index (χ1) is 13.1. The number of nitrogens with zero attached hydrogens (tertiary/aromatic N) is 2. The normalized spacial score (nSPS) is 12.1. The van der Waals surface area contributed by atoms with Gasteiger partial charge < -0.3 is 0 Å². The van der Waals surface area contributed by atoms with E-state index in [4.69, 9.17) is 5.41 Å². The van der Waals surface area contributed by atoms with Gasteiger partial charge in [0.05, 0.1) is 23.6 Å². The van der Waals surface area contributed by atoms with Gasteiger partial charge in [-0.25, -0.2) is 10.9 Å². The Morgan fingerprint density at radius 1 is 0.724 bits per heavy atom. The van der Waals surface area contributed by atoms with E-state index < -0.39 is 29.4 Å². The molecule has 0 atom stereocenters. The molecule has 0 aromatic heterocycles. The van der Waals surface area contributed by atoms with Crippen molar-refractivity contribution >= 4 is 30.8 Å². The fraction of sp³-hybridized carbons (Fsp3) is 0.118. The molecule has 5 nitrogen and oxygen atoms in total. The van der Waals surface area contributed by atoms with Crippen molar-refractivity contribution in [2.75, 3.05) is 0 Å². The Bertz CT molecular complexity index is 821. The Labute approximate surface area is 167 Å². The topological polar surface area (TPSA) is 72.6 Å². The monoisotopic (exact) mass is 437 g/mol. The quantitative estimate of drug-likeness (QED) is 0.282. The number of nitrogens with one attached hydrogen (secondary N) is 3. The van der Waals surface area contributed by atoms with E-state index >= 15 is 0 Å². The molecule has 0 spiro atoms. The van der Waals surface area contributed by atoms with E-state index in [9.17, 15) is 26.3 Å². The van der Waals surface area contributed by atoms with Crippen LogP contribution in [-0.4, -0.2) is 18.4 Å². The Kier molecular flexibility index (Phi) is 8.19. The fourth-order valence-corrected chi connectivity index (χ4v) is 2.09. The lowest BCUT2D eigenvalue weighted by molar-refractivity contribution is -0.138. The highest BCUT2D eigenvalue weighted by atomic mass is 35.5. The minimum atomic E-state index is -4.56. The second kappa shape index (κ2) is 9.92. The van der Waals surface area contributed by atoms with Gasteiger partial charge in [-0.15, -0.1) is 12.4 Å². The number of hydrogen-bond acceptors (Lipinski definition) is 3. The SMILES string of the molecule is Cl.N=C(NN=Cc1ccccc1C(F)(F)F)NN=Cc1ccccc1C(F)(F)F. The third-order valence-electron chi connectivity index (χ3n) is 3.29. The van der Waals surface area contributed by atoms with E-state index in [0.29, 0.717) is 0 Å². The number of halogens is 7. The van der Waals surface area contributed by atoms with Gasteiger partial charge in [0.1, 0.15) is 0 Å². The molecule has 0 fully saturated rings. The summed E-state index contributed by atoms with van der Waals surface area (Å²) >= 11 is 0. The molecule has 0 aliphatic heterocycles. The second-order valence-corrected chi connectivity index (χ2v) is 5.29. The van der Waals surface area contributed by atoms with Crippen LogP contribution < -0.4 is 10.9 Å². The average molecular weight is 438 g/mol. The lowest BCUT2D eigenvalue weighted by atomic mass is 10.1. The lowest BCUT2D eigenvalue weighted by Gasteiger charge is -2.09. The summed E-state index contributed by atoms with van der Waals surface area (Å²) in [7, 11) is 0. The average Bonchev–Trinajstić information content (AvgIpc) is 2.61. The van der Waals surface area contributed by atoms with Crippen LogP contribution in [0.1, 0.15) is 22.3 Å². The van der Waals surface area contributed by atoms with Crippen molar-refractivity contribution in [1.29, 1.82) is 5.41 Å². The smallest absolute Gasteiger partial charge is 0.266 e. The predicted octanol–water partition coefficient (Wildman–Crippen LogP) is 4.63. The van der Waals surface area contributed by atoms with E-state index in [2.05, 4.69) is 21.1 Å². The lowest BCUT2D eigenvalue weighted by Crippen LogP contribution is -2.29. The number of benzene rings is 2. The standard InChI is InChI=1S/C17H13F6N5.ClH/c18-16(19,20)13-7-3-1-5-11(13)9-25-27-15(24)28-26-10-12-6-2-4-8-14(12)17(21,22)23;/h1-10H,(H3,24,27,28);1H. The van der Waals surface area contributed by atoms with Crippen LogP contribution in [0.4, 0.5) is 26.3 Å². The zero-order valence-electron chi connectivity index (χ0n) is 14.3. The first kappa shape index (κ1) is 24.0. The van der Waals surface area contributed by atoms with Crippen LogP contribution in [0, 0.1) is 5.41 Å². The third kappa shape index (κ3) is 7.11. The molecule has 2 rings (SSSR count). The molecule has 2 aromatic carbocycles. The number of hydrazone groups is 2. The van der Waals surface area contributed by atoms with E-state index in [0.717, 1.165) is 24.6 Å². The van der Waals surface area contributed by atoms with Gasteiger partial charge in [-0.3, -0.25) is 5.41 Å². The summed E-state index contributed by atoms with van der Waals surface area (Å²) in [6.45, 7) is 0. The first-order valence-corrected chi connectivity index (χ1v) is 7.58. The largest absolute Gasteiger partial charge is 0.417 e. The molecule has 29 heavy (non-hydrogen) atoms. The molecule has 0 aliphatic carbocycles. The maximum absolute atomic E-state index is 12.8. The third-order valence-corrected chi connectivity index (χ3v) is 3.29. The van der Waals surface area contributed by atoms with Gasteiger partial charge in [0.25, 0.3) is 0 Å². The Morgan fingerprint density at radius 2 is 1.07 bits per heavy atom. The number of rotatable bonds is 4. The molecule has 2 aromatic rings. The zero-order chi connectivity index (χ0) is 20.8. The summed E-state index contributed by atoms with van der Waals surface area (Å²) in [4.78, 5) is 0. The van der Waals surface area contributed by atoms with Crippen molar-refractivity contribution in [2.45, 2.75) is 12.4 Å². The van der Waals surface area contributed by atoms with Gasteiger partial charge >= 0.3 is 12.4 Å². The van der Waals surface area contributed by atoms with Crippen molar-refractivity contribution in [3.63, 3.8) is 0 Å². The molecule has 12 heteroatoms. The van der Waals surface area contributed by atoms with Gasteiger partial charge in [-0.1, -0.05) is 36.4 Å². The molecule has 0 heterocycles. The molecule has 156 valence electrons. The number of guanidine groups is 1. The van der Waals surface area contributed by atoms with Crippen molar-refractivity contribution in [3.8, 4) is 0 Å². The molecule has 0 saturated carbocycles. The maximum Gasteiger partial charge on any atom is 0.417 e. The van der Waals surface area contributed by atoms with Crippen LogP contribution in [0.5, 0.6) is 0 Å². The molecular weight excluding hydrogens is 424 g/mol. The van der Waals surface area contributed by atoms with Gasteiger partial charge in [0, 0.05) is 11.1 Å². The Hall–Kier alpha value is -3.08. The number of hydrogen-bond donors (Lipinski definition) is 3. The summed E-state index contributed by atoms with van der Waals surface area (Å²) in [5.41, 5.74) is 1.91. The molecular formula is C17H14ClF6N5. The van der Waals surface area contributed by atoms with Crippen molar-refractivity contribution in [2.24, 2.45) is 10.2 Å². The molecule has 0 unspecified atom stereocenters. The van der Waals surface area contributed by atoms with E-state index in [-0.39, 0.29) is 23.5 Å². The fourth-order valence-electron chi connectivity index (χ4n) is 2.09. The highest BCUT2D eigenvalue weighted by Crippen LogP contribution is 2.31. The van der Waals surface area contributed by atoms with Crippen LogP contribution in [0.2, 0.25) is 0 Å². The van der Waals surface area contributed by atoms with E-state index in [1.807, 2.05) is 0 Å². The highest BCUT2D eigenvalue weighted by Gasteiger charge is 2.33. The van der Waals surface area contributed by atoms with Crippen LogP contribution >= 0.6 is 12.4 Å². The second-order valence-electron chi connectivity index (χ2n) is 5.29. The summed E-state index contributed by atoms with van der Waals surface area (Å²) in [6.07, 6.45) is -7.40. The van der Waals surface area contributed by atoms with Crippen LogP contribution in [0.25, 0.3) is 0 Å². The van der Waals surface area contributed by atoms with E-state index in [1.54, 1.807) is 0 Å². The van der Waals surface area contributed by atoms with Crippen LogP contribution in [-0.2, 0) is 12.4 Å². The van der Waals surface area contributed by atoms with Gasteiger partial charge in [0.15, 0.2) is 0 Å². The number of alkyl halides is 6. The summed E-state index contributed by atoms with van der Waals surface area (Å²) in [6, 6.07) is 9.38. The van der Waals surface area contributed by atoms with Crippen molar-refractivity contribution in [3.05, 3.63) is 70.8 Å². The minimum Gasteiger partial charge on any atom is -0.266 e. The van der Waals surface area contributed by atoms with Crippen molar-refractivity contribution in [1.82, 2.24) is 10.9 Å². The summed E-state index contributed by atoms with van der Waals surface area (Å²) in [5.74, 6) is -0.554. The molecule has 0 saturated heterocycles. The summed E-state index contributed by atoms with van der Waals surface area (Å²) < 4.78 is 77.1. The zero-order valence-corrected chi connectivity index (χ0v) is 15.2. The van der Waals surface area contributed by atoms with E-state index in [1.165, 1.54) is 36.4 Å². The Morgan fingerprint density at radius 3 is 1.41 bits per heavy atom. The maximum atomic E-state index is 12.8. The van der Waals surface area contributed by atoms with Crippen LogP contribution in [0.3, 0.4) is 0 Å². The molecule has 0 bridgehead atoms. The molecule has 0 aliphatic rings. The van der Waals surface area contributed by atoms with Crippen molar-refractivity contribution < 1.29 is 26.3 Å². The van der Waals surface area contributed by atoms with Gasteiger partial charge in [-0.05, 0) is 12.1 Å². The van der Waals surface area contributed by atoms with Gasteiger partial charge in [-0.2, -0.15) is 36.5 Å². The Balaban J connectivity index is 0.00000420. The van der Waals surface area contributed by atoms with Gasteiger partial charge in [0.2, 0.25) is 5.96 Å². The predicted molar refractivity (Wildman–Crippen MR) is 99.3 cm³/mol. The molecule has 0 amide bonds. The first-order valence-electron chi connectivity index (χ1n) is 7.58. The minimum absolute atomic E-state index is 0.